The van der Waals surface area contributed by atoms with Crippen molar-refractivity contribution in [2.24, 2.45) is 5.41 Å². The predicted octanol–water partition coefficient (Wildman–Crippen LogP) is 3.45. The number of aryl methyl sites for hydroxylation is 1. The number of nitrogens with one attached hydrogen (secondary N) is 2. The van der Waals surface area contributed by atoms with Gasteiger partial charge in [-0.2, -0.15) is 5.10 Å². The number of carbonyl (C=O) groups is 1. The number of aromatic nitrogens is 3. The second-order valence-corrected chi connectivity index (χ2v) is 11.8. The highest BCUT2D eigenvalue weighted by Crippen LogP contribution is 2.54. The molecule has 1 saturated heterocycles. The highest BCUT2D eigenvalue weighted by molar-refractivity contribution is 7.92. The Balaban J connectivity index is 1.40. The third-order valence-corrected chi connectivity index (χ3v) is 8.55. The summed E-state index contributed by atoms with van der Waals surface area (Å²) in [6.45, 7) is 0.996. The number of piperidine rings is 1. The van der Waals surface area contributed by atoms with Gasteiger partial charge >= 0.3 is 0 Å². The lowest BCUT2D eigenvalue weighted by atomic mass is 9.93. The van der Waals surface area contributed by atoms with Gasteiger partial charge in [0, 0.05) is 31.4 Å². The number of carbonyl (C=O) groups excluding carboxylic acids is 1. The van der Waals surface area contributed by atoms with Crippen molar-refractivity contribution in [1.29, 1.82) is 0 Å². The van der Waals surface area contributed by atoms with E-state index in [4.69, 9.17) is 5.11 Å². The van der Waals surface area contributed by atoms with Gasteiger partial charge in [-0.05, 0) is 61.4 Å². The number of hydrogen-bond donors (Lipinski definition) is 3. The molecule has 1 aliphatic carbocycles. The van der Waals surface area contributed by atoms with Crippen molar-refractivity contribution in [3.05, 3.63) is 42.1 Å². The van der Waals surface area contributed by atoms with Crippen LogP contribution in [0.4, 0.5) is 26.0 Å². The largest absolute Gasteiger partial charge is 0.395 e. The zero-order valence-electron chi connectivity index (χ0n) is 20.7. The van der Waals surface area contributed by atoms with Gasteiger partial charge in [0.05, 0.1) is 35.5 Å². The number of alkyl halides is 2. The molecule has 2 aromatic heterocycles. The number of aliphatic hydroxyl groups is 1. The molecule has 2 fully saturated rings. The number of amides is 1. The molecule has 10 nitrogen and oxygen atoms in total. The minimum Gasteiger partial charge on any atom is -0.395 e. The lowest BCUT2D eigenvalue weighted by molar-refractivity contribution is 0.102. The summed E-state index contributed by atoms with van der Waals surface area (Å²) in [4.78, 5) is 19.9. The molecule has 0 radical (unpaired) electrons. The molecule has 5 rings (SSSR count). The Labute approximate surface area is 219 Å². The van der Waals surface area contributed by atoms with Crippen LogP contribution in [0.2, 0.25) is 0 Å². The Morgan fingerprint density at radius 3 is 2.58 bits per heavy atom. The highest BCUT2D eigenvalue weighted by atomic mass is 32.2. The van der Waals surface area contributed by atoms with Crippen LogP contribution < -0.4 is 14.9 Å². The van der Waals surface area contributed by atoms with Crippen LogP contribution in [0, 0.1) is 5.41 Å². The van der Waals surface area contributed by atoms with Gasteiger partial charge < -0.3 is 15.3 Å². The molecule has 2 aliphatic rings. The first kappa shape index (κ1) is 26.3. The van der Waals surface area contributed by atoms with E-state index in [1.807, 2.05) is 0 Å². The number of nitrogens with zero attached hydrogens (tertiary/aromatic N) is 4. The number of benzene rings is 1. The third-order valence-electron chi connectivity index (χ3n) is 7.28. The van der Waals surface area contributed by atoms with Gasteiger partial charge in [0.15, 0.2) is 5.65 Å². The first-order valence-corrected chi connectivity index (χ1v) is 14.2. The van der Waals surface area contributed by atoms with Crippen molar-refractivity contribution < 1.29 is 27.1 Å². The highest BCUT2D eigenvalue weighted by Gasteiger charge is 2.44. The zero-order valence-corrected chi connectivity index (χ0v) is 21.6. The monoisotopic (exact) mass is 548 g/mol. The molecule has 3 aromatic rings. The smallest absolute Gasteiger partial charge is 0.258 e. The van der Waals surface area contributed by atoms with Crippen LogP contribution in [0.5, 0.6) is 0 Å². The van der Waals surface area contributed by atoms with Crippen molar-refractivity contribution >= 4 is 44.2 Å². The summed E-state index contributed by atoms with van der Waals surface area (Å²) in [5.74, 6) is -0.615. The molecule has 3 N–H and O–H groups in total. The number of aliphatic hydroxyl groups excluding tert-OH is 1. The molecular formula is C25H30F2N6O4S. The van der Waals surface area contributed by atoms with E-state index >= 15 is 0 Å². The summed E-state index contributed by atoms with van der Waals surface area (Å²) >= 11 is 0. The molecule has 0 bridgehead atoms. The van der Waals surface area contributed by atoms with Crippen LogP contribution in [0.3, 0.4) is 0 Å². The van der Waals surface area contributed by atoms with Crippen LogP contribution >= 0.6 is 0 Å². The molecule has 1 aromatic carbocycles. The van der Waals surface area contributed by atoms with E-state index in [9.17, 15) is 22.0 Å². The Morgan fingerprint density at radius 1 is 1.13 bits per heavy atom. The minimum atomic E-state index is -3.74. The molecule has 1 spiro atoms. The van der Waals surface area contributed by atoms with Gasteiger partial charge in [-0.15, -0.1) is 0 Å². The second kappa shape index (κ2) is 10.4. The zero-order chi connectivity index (χ0) is 26.9. The van der Waals surface area contributed by atoms with E-state index in [0.29, 0.717) is 33.4 Å². The number of hydrogen-bond acceptors (Lipinski definition) is 7. The molecule has 204 valence electrons. The van der Waals surface area contributed by atoms with Crippen molar-refractivity contribution in [3.63, 3.8) is 0 Å². The molecule has 0 unspecified atom stereocenters. The Hall–Kier alpha value is -3.32. The standard InChI is InChI=1S/C25H30F2N6O4S/c26-21(27)5-10-33-23-17(16-28-33)1-4-22(29-23)30-24(35)19-3-2-18(31-38(36,37)14-13-34)15-20(19)32-11-8-25(6-7-25)9-12-32/h1-4,15-16,21,31,34H,5-14H2,(H,29,30,35). The molecule has 3 heterocycles. The molecule has 0 atom stereocenters. The quantitative estimate of drug-likeness (QED) is 0.354. The molecule has 38 heavy (non-hydrogen) atoms. The van der Waals surface area contributed by atoms with Crippen molar-refractivity contribution in [3.8, 4) is 0 Å². The average Bonchev–Trinajstić information content (AvgIpc) is 3.50. The maximum atomic E-state index is 13.4. The van der Waals surface area contributed by atoms with Gasteiger partial charge in [-0.3, -0.25) is 9.52 Å². The summed E-state index contributed by atoms with van der Waals surface area (Å²) in [6, 6.07) is 8.05. The Bertz CT molecular complexity index is 1430. The van der Waals surface area contributed by atoms with Gasteiger partial charge in [0.1, 0.15) is 5.82 Å². The van der Waals surface area contributed by atoms with E-state index in [2.05, 4.69) is 25.0 Å². The van der Waals surface area contributed by atoms with Crippen LogP contribution in [-0.2, 0) is 16.6 Å². The van der Waals surface area contributed by atoms with Crippen LogP contribution in [0.25, 0.3) is 11.0 Å². The number of rotatable bonds is 10. The molecule has 1 amide bonds. The summed E-state index contributed by atoms with van der Waals surface area (Å²) in [5, 5.41) is 16.6. The van der Waals surface area contributed by atoms with E-state index in [1.165, 1.54) is 29.8 Å². The van der Waals surface area contributed by atoms with Gasteiger partial charge in [-0.25, -0.2) is 26.9 Å². The van der Waals surface area contributed by atoms with Crippen molar-refractivity contribution in [2.45, 2.75) is 45.1 Å². The minimum absolute atomic E-state index is 0.000182. The number of halogens is 2. The topological polar surface area (TPSA) is 129 Å². The van der Waals surface area contributed by atoms with Gasteiger partial charge in [0.25, 0.3) is 5.91 Å². The summed E-state index contributed by atoms with van der Waals surface area (Å²) in [5.41, 5.74) is 2.06. The fourth-order valence-corrected chi connectivity index (χ4v) is 5.72. The number of sulfonamides is 1. The maximum Gasteiger partial charge on any atom is 0.258 e. The summed E-state index contributed by atoms with van der Waals surface area (Å²) < 4.78 is 53.7. The molecule has 13 heteroatoms. The number of anilines is 3. The summed E-state index contributed by atoms with van der Waals surface area (Å²) in [7, 11) is -3.74. The van der Waals surface area contributed by atoms with Gasteiger partial charge in [0.2, 0.25) is 16.4 Å². The molecular weight excluding hydrogens is 518 g/mol. The lowest BCUT2D eigenvalue weighted by Gasteiger charge is -2.35. The van der Waals surface area contributed by atoms with Crippen molar-refractivity contribution in [2.75, 3.05) is 40.4 Å². The molecule has 1 aliphatic heterocycles. The lowest BCUT2D eigenvalue weighted by Crippen LogP contribution is -2.35. The van der Waals surface area contributed by atoms with E-state index in [1.54, 1.807) is 24.3 Å². The number of pyridine rings is 1. The Kier molecular flexibility index (Phi) is 7.23. The van der Waals surface area contributed by atoms with Crippen molar-refractivity contribution in [1.82, 2.24) is 14.8 Å². The fourth-order valence-electron chi connectivity index (χ4n) is 4.89. The maximum absolute atomic E-state index is 13.4. The first-order chi connectivity index (χ1) is 18.2. The van der Waals surface area contributed by atoms with E-state index in [0.717, 1.165) is 25.9 Å². The first-order valence-electron chi connectivity index (χ1n) is 12.6. The van der Waals surface area contributed by atoms with Crippen LogP contribution in [-0.4, -0.2) is 66.1 Å². The fraction of sp³-hybridized carbons (Fsp3) is 0.480. The average molecular weight is 549 g/mol. The summed E-state index contributed by atoms with van der Waals surface area (Å²) in [6.07, 6.45) is 3.18. The van der Waals surface area contributed by atoms with E-state index < -0.39 is 34.7 Å². The molecule has 1 saturated carbocycles. The van der Waals surface area contributed by atoms with Crippen LogP contribution in [0.1, 0.15) is 42.5 Å². The normalized spacial score (nSPS) is 16.8. The Morgan fingerprint density at radius 2 is 1.89 bits per heavy atom. The van der Waals surface area contributed by atoms with Gasteiger partial charge in [-0.1, -0.05) is 0 Å². The predicted molar refractivity (Wildman–Crippen MR) is 140 cm³/mol. The number of fused-ring (bicyclic) bond motifs is 1. The third kappa shape index (κ3) is 5.88. The van der Waals surface area contributed by atoms with Crippen LogP contribution in [0.15, 0.2) is 36.5 Å². The second-order valence-electron chi connectivity index (χ2n) is 9.97. The van der Waals surface area contributed by atoms with E-state index in [-0.39, 0.29) is 18.8 Å². The SMILES string of the molecule is O=C(Nc1ccc2cnn(CCC(F)F)c2n1)c1ccc(NS(=O)(=O)CCO)cc1N1CCC2(CC1)CC2.